The van der Waals surface area contributed by atoms with Gasteiger partial charge in [0.1, 0.15) is 5.75 Å². The molecule has 3 aromatic rings. The first kappa shape index (κ1) is 20.2. The lowest BCUT2D eigenvalue weighted by molar-refractivity contribution is -0.142. The molecule has 4 rings (SSSR count). The van der Waals surface area contributed by atoms with E-state index < -0.39 is 5.97 Å². The molecule has 154 valence electrons. The molecule has 0 spiro atoms. The van der Waals surface area contributed by atoms with Crippen LogP contribution < -0.4 is 10.1 Å². The molecule has 0 bridgehead atoms. The average Bonchev–Trinajstić information content (AvgIpc) is 2.70. The third-order valence-electron chi connectivity index (χ3n) is 5.23. The molecule has 30 heavy (non-hydrogen) atoms. The third kappa shape index (κ3) is 4.39. The zero-order chi connectivity index (χ0) is 21.1. The molecule has 1 aliphatic rings. The summed E-state index contributed by atoms with van der Waals surface area (Å²) in [6.07, 6.45) is 2.95. The SMILES string of the molecule is COC(=O)COc1cc(-c2ccc(Cl)cc2)nc2ccc(NC(=O)C3CCC3)cc12. The van der Waals surface area contributed by atoms with Gasteiger partial charge in [-0.25, -0.2) is 9.78 Å². The van der Waals surface area contributed by atoms with Gasteiger partial charge in [-0.2, -0.15) is 0 Å². The summed E-state index contributed by atoms with van der Waals surface area (Å²) >= 11 is 5.99. The molecule has 0 atom stereocenters. The summed E-state index contributed by atoms with van der Waals surface area (Å²) in [5.74, 6) is 0.113. The Kier molecular flexibility index (Phi) is 5.86. The maximum Gasteiger partial charge on any atom is 0.343 e. The number of hydrogen-bond acceptors (Lipinski definition) is 5. The normalized spacial score (nSPS) is 13.5. The van der Waals surface area contributed by atoms with Gasteiger partial charge in [0.15, 0.2) is 6.61 Å². The van der Waals surface area contributed by atoms with E-state index in [-0.39, 0.29) is 18.4 Å². The molecule has 1 fully saturated rings. The fourth-order valence-corrected chi connectivity index (χ4v) is 3.40. The van der Waals surface area contributed by atoms with Crippen LogP contribution >= 0.6 is 11.6 Å². The number of rotatable bonds is 6. The Balaban J connectivity index is 1.71. The van der Waals surface area contributed by atoms with Gasteiger partial charge in [0.05, 0.1) is 18.3 Å². The molecular formula is C23H21ClN2O4. The predicted molar refractivity (Wildman–Crippen MR) is 116 cm³/mol. The van der Waals surface area contributed by atoms with Crippen molar-refractivity contribution in [2.24, 2.45) is 5.92 Å². The second-order valence-corrected chi connectivity index (χ2v) is 7.66. The Morgan fingerprint density at radius 3 is 2.57 bits per heavy atom. The molecular weight excluding hydrogens is 404 g/mol. The van der Waals surface area contributed by atoms with Gasteiger partial charge in [-0.3, -0.25) is 4.79 Å². The van der Waals surface area contributed by atoms with Crippen molar-refractivity contribution in [3.05, 3.63) is 53.6 Å². The second-order valence-electron chi connectivity index (χ2n) is 7.23. The van der Waals surface area contributed by atoms with E-state index in [0.717, 1.165) is 24.8 Å². The highest BCUT2D eigenvalue weighted by molar-refractivity contribution is 6.30. The number of halogens is 1. The number of fused-ring (bicyclic) bond motifs is 1. The summed E-state index contributed by atoms with van der Waals surface area (Å²) in [6, 6.07) is 14.6. The first-order valence-corrected chi connectivity index (χ1v) is 10.1. The number of nitrogens with one attached hydrogen (secondary N) is 1. The van der Waals surface area contributed by atoms with E-state index in [1.165, 1.54) is 7.11 Å². The van der Waals surface area contributed by atoms with Crippen molar-refractivity contribution in [2.75, 3.05) is 19.0 Å². The number of amides is 1. The molecule has 1 N–H and O–H groups in total. The smallest absolute Gasteiger partial charge is 0.343 e. The summed E-state index contributed by atoms with van der Waals surface area (Å²) in [6.45, 7) is -0.228. The molecule has 0 saturated heterocycles. The molecule has 0 aliphatic heterocycles. The van der Waals surface area contributed by atoms with Crippen LogP contribution in [0, 0.1) is 5.92 Å². The summed E-state index contributed by atoms with van der Waals surface area (Å²) in [7, 11) is 1.31. The topological polar surface area (TPSA) is 77.5 Å². The largest absolute Gasteiger partial charge is 0.481 e. The van der Waals surface area contributed by atoms with E-state index in [4.69, 9.17) is 21.3 Å². The zero-order valence-corrected chi connectivity index (χ0v) is 17.2. The Bertz CT molecular complexity index is 1090. The summed E-state index contributed by atoms with van der Waals surface area (Å²) in [4.78, 5) is 28.6. The number of benzene rings is 2. The van der Waals surface area contributed by atoms with E-state index in [2.05, 4.69) is 10.1 Å². The maximum absolute atomic E-state index is 12.3. The number of esters is 1. The van der Waals surface area contributed by atoms with Gasteiger partial charge < -0.3 is 14.8 Å². The highest BCUT2D eigenvalue weighted by Gasteiger charge is 2.25. The van der Waals surface area contributed by atoms with E-state index >= 15 is 0 Å². The van der Waals surface area contributed by atoms with Crippen molar-refractivity contribution >= 4 is 40.1 Å². The lowest BCUT2D eigenvalue weighted by Crippen LogP contribution is -2.27. The lowest BCUT2D eigenvalue weighted by atomic mass is 9.85. The number of methoxy groups -OCH3 is 1. The van der Waals surface area contributed by atoms with Crippen LogP contribution in [-0.2, 0) is 14.3 Å². The standard InChI is InChI=1S/C23H21ClN2O4/c1-29-22(27)13-30-21-12-20(14-5-7-16(24)8-6-14)26-19-10-9-17(11-18(19)21)25-23(28)15-3-2-4-15/h5-12,15H,2-4,13H2,1H3,(H,25,28). The van der Waals surface area contributed by atoms with Crippen molar-refractivity contribution in [1.29, 1.82) is 0 Å². The Labute approximate surface area is 179 Å². The minimum absolute atomic E-state index is 0.0309. The molecule has 2 aromatic carbocycles. The van der Waals surface area contributed by atoms with Gasteiger partial charge >= 0.3 is 5.97 Å². The van der Waals surface area contributed by atoms with Crippen molar-refractivity contribution in [2.45, 2.75) is 19.3 Å². The predicted octanol–water partition coefficient (Wildman–Crippen LogP) is 4.85. The third-order valence-corrected chi connectivity index (χ3v) is 5.48. The monoisotopic (exact) mass is 424 g/mol. The van der Waals surface area contributed by atoms with Crippen molar-refractivity contribution < 1.29 is 19.1 Å². The van der Waals surface area contributed by atoms with E-state index in [1.54, 1.807) is 18.2 Å². The fraction of sp³-hybridized carbons (Fsp3) is 0.261. The van der Waals surface area contributed by atoms with Gasteiger partial charge in [0.25, 0.3) is 0 Å². The van der Waals surface area contributed by atoms with Crippen LogP contribution in [0.25, 0.3) is 22.2 Å². The molecule has 1 heterocycles. The first-order valence-electron chi connectivity index (χ1n) is 9.75. The number of pyridine rings is 1. The highest BCUT2D eigenvalue weighted by Crippen LogP contribution is 2.33. The number of anilines is 1. The lowest BCUT2D eigenvalue weighted by Gasteiger charge is -2.24. The maximum atomic E-state index is 12.3. The second kappa shape index (κ2) is 8.71. The van der Waals surface area contributed by atoms with Crippen LogP contribution in [0.2, 0.25) is 5.02 Å². The van der Waals surface area contributed by atoms with Crippen LogP contribution in [0.15, 0.2) is 48.5 Å². The van der Waals surface area contributed by atoms with Crippen LogP contribution in [0.5, 0.6) is 5.75 Å². The van der Waals surface area contributed by atoms with Gasteiger partial charge in [0, 0.05) is 33.6 Å². The van der Waals surface area contributed by atoms with Crippen molar-refractivity contribution in [3.8, 4) is 17.0 Å². The van der Waals surface area contributed by atoms with Crippen LogP contribution in [0.3, 0.4) is 0 Å². The average molecular weight is 425 g/mol. The van der Waals surface area contributed by atoms with E-state index in [9.17, 15) is 9.59 Å². The van der Waals surface area contributed by atoms with Crippen molar-refractivity contribution in [1.82, 2.24) is 4.98 Å². The molecule has 1 saturated carbocycles. The minimum Gasteiger partial charge on any atom is -0.481 e. The molecule has 7 heteroatoms. The molecule has 6 nitrogen and oxygen atoms in total. The molecule has 0 radical (unpaired) electrons. The highest BCUT2D eigenvalue weighted by atomic mass is 35.5. The molecule has 1 amide bonds. The van der Waals surface area contributed by atoms with Crippen LogP contribution in [-0.4, -0.2) is 30.6 Å². The number of carbonyl (C=O) groups excluding carboxylic acids is 2. The van der Waals surface area contributed by atoms with Crippen LogP contribution in [0.1, 0.15) is 19.3 Å². The van der Waals surface area contributed by atoms with Gasteiger partial charge in [-0.05, 0) is 43.2 Å². The van der Waals surface area contributed by atoms with Gasteiger partial charge in [-0.15, -0.1) is 0 Å². The van der Waals surface area contributed by atoms with Gasteiger partial charge in [0.2, 0.25) is 5.91 Å². The van der Waals surface area contributed by atoms with E-state index in [1.807, 2.05) is 30.3 Å². The summed E-state index contributed by atoms with van der Waals surface area (Å²) in [5, 5.41) is 4.29. The van der Waals surface area contributed by atoms with E-state index in [0.29, 0.717) is 33.1 Å². The number of ether oxygens (including phenoxy) is 2. The van der Waals surface area contributed by atoms with Crippen molar-refractivity contribution in [3.63, 3.8) is 0 Å². The number of carbonyl (C=O) groups is 2. The van der Waals surface area contributed by atoms with Gasteiger partial charge in [-0.1, -0.05) is 30.2 Å². The molecule has 1 aliphatic carbocycles. The molecule has 1 aromatic heterocycles. The number of hydrogen-bond donors (Lipinski definition) is 1. The number of nitrogens with zero attached hydrogens (tertiary/aromatic N) is 1. The zero-order valence-electron chi connectivity index (χ0n) is 16.5. The Hall–Kier alpha value is -3.12. The minimum atomic E-state index is -0.484. The first-order chi connectivity index (χ1) is 14.5. The quantitative estimate of drug-likeness (QED) is 0.572. The van der Waals surface area contributed by atoms with Crippen LogP contribution in [0.4, 0.5) is 5.69 Å². The Morgan fingerprint density at radius 2 is 1.90 bits per heavy atom. The number of aromatic nitrogens is 1. The Morgan fingerprint density at radius 1 is 1.13 bits per heavy atom. The fourth-order valence-electron chi connectivity index (χ4n) is 3.27. The molecule has 0 unspecified atom stereocenters. The summed E-state index contributed by atoms with van der Waals surface area (Å²) in [5.41, 5.74) is 2.91. The summed E-state index contributed by atoms with van der Waals surface area (Å²) < 4.78 is 10.4.